The molecule has 0 spiro atoms. The molecular weight excluding hydrogens is 340 g/mol. The van der Waals surface area contributed by atoms with Crippen LogP contribution in [0.5, 0.6) is 0 Å². The standard InChI is InChI=1S/C21H24N4O2/c1-24(2)21(27)17-13-22-25-19(26)12-18(23-20(17)25)16-10-8-15(9-11-16)14-6-4-3-5-7-14/h8-14,23H,3-7H2,1-2H3. The molecule has 1 aromatic carbocycles. The Balaban J connectivity index is 1.72. The number of hydrogen-bond donors (Lipinski definition) is 1. The number of carbonyl (C=O) groups excluding carboxylic acids is 1. The molecule has 0 atom stereocenters. The minimum atomic E-state index is -0.257. The molecule has 1 saturated carbocycles. The van der Waals surface area contributed by atoms with E-state index in [0.29, 0.717) is 22.8 Å². The van der Waals surface area contributed by atoms with Crippen molar-refractivity contribution in [3.05, 3.63) is 58.0 Å². The first-order valence-corrected chi connectivity index (χ1v) is 9.47. The normalized spacial score (nSPS) is 15.2. The van der Waals surface area contributed by atoms with E-state index in [9.17, 15) is 9.59 Å². The van der Waals surface area contributed by atoms with Crippen LogP contribution in [0.1, 0.15) is 53.9 Å². The Morgan fingerprint density at radius 1 is 1.15 bits per heavy atom. The van der Waals surface area contributed by atoms with Crippen LogP contribution >= 0.6 is 0 Å². The summed E-state index contributed by atoms with van der Waals surface area (Å²) in [6, 6.07) is 9.96. The minimum absolute atomic E-state index is 0.189. The van der Waals surface area contributed by atoms with Gasteiger partial charge in [0.25, 0.3) is 11.5 Å². The molecule has 0 radical (unpaired) electrons. The molecule has 140 valence electrons. The van der Waals surface area contributed by atoms with E-state index >= 15 is 0 Å². The first-order chi connectivity index (χ1) is 13.0. The van der Waals surface area contributed by atoms with E-state index in [1.165, 1.54) is 59.3 Å². The molecule has 0 unspecified atom stereocenters. The predicted molar refractivity (Wildman–Crippen MR) is 105 cm³/mol. The Hall–Kier alpha value is -2.89. The second-order valence-corrected chi connectivity index (χ2v) is 7.50. The third kappa shape index (κ3) is 3.27. The molecule has 6 heteroatoms. The maximum absolute atomic E-state index is 12.4. The van der Waals surface area contributed by atoms with Crippen LogP contribution in [-0.4, -0.2) is 39.5 Å². The first-order valence-electron chi connectivity index (χ1n) is 9.47. The molecule has 1 amide bonds. The first kappa shape index (κ1) is 17.5. The lowest BCUT2D eigenvalue weighted by molar-refractivity contribution is 0.0829. The van der Waals surface area contributed by atoms with Crippen molar-refractivity contribution in [2.45, 2.75) is 38.0 Å². The maximum atomic E-state index is 12.4. The summed E-state index contributed by atoms with van der Waals surface area (Å²) in [7, 11) is 3.36. The summed E-state index contributed by atoms with van der Waals surface area (Å²) in [6.07, 6.45) is 7.91. The SMILES string of the molecule is CN(C)C(=O)c1cnn2c(=O)cc(-c3ccc(C4CCCCC4)cc3)[nH]c12. The van der Waals surface area contributed by atoms with Gasteiger partial charge in [-0.15, -0.1) is 0 Å². The molecule has 0 bridgehead atoms. The molecule has 2 aromatic heterocycles. The highest BCUT2D eigenvalue weighted by atomic mass is 16.2. The van der Waals surface area contributed by atoms with Crippen molar-refractivity contribution in [3.63, 3.8) is 0 Å². The highest BCUT2D eigenvalue weighted by Gasteiger charge is 2.18. The summed E-state index contributed by atoms with van der Waals surface area (Å²) in [5, 5.41) is 4.06. The molecule has 0 saturated heterocycles. The highest BCUT2D eigenvalue weighted by Crippen LogP contribution is 2.33. The number of nitrogens with zero attached hydrogens (tertiary/aromatic N) is 3. The van der Waals surface area contributed by atoms with Crippen LogP contribution in [0.15, 0.2) is 41.3 Å². The van der Waals surface area contributed by atoms with E-state index in [1.54, 1.807) is 14.1 Å². The van der Waals surface area contributed by atoms with E-state index in [1.807, 2.05) is 0 Å². The van der Waals surface area contributed by atoms with Crippen molar-refractivity contribution in [2.75, 3.05) is 14.1 Å². The van der Waals surface area contributed by atoms with E-state index in [2.05, 4.69) is 34.3 Å². The van der Waals surface area contributed by atoms with E-state index in [4.69, 9.17) is 0 Å². The number of fused-ring (bicyclic) bond motifs is 1. The maximum Gasteiger partial charge on any atom is 0.274 e. The van der Waals surface area contributed by atoms with Crippen molar-refractivity contribution in [1.29, 1.82) is 0 Å². The van der Waals surface area contributed by atoms with Crippen molar-refractivity contribution in [2.24, 2.45) is 0 Å². The number of carbonyl (C=O) groups is 1. The van der Waals surface area contributed by atoms with Crippen molar-refractivity contribution in [3.8, 4) is 11.3 Å². The second-order valence-electron chi connectivity index (χ2n) is 7.50. The highest BCUT2D eigenvalue weighted by molar-refractivity contribution is 5.99. The van der Waals surface area contributed by atoms with E-state index in [-0.39, 0.29) is 11.5 Å². The van der Waals surface area contributed by atoms with Crippen LogP contribution in [-0.2, 0) is 0 Å². The molecular formula is C21H24N4O2. The Kier molecular flexibility index (Phi) is 4.56. The summed E-state index contributed by atoms with van der Waals surface area (Å²) in [6.45, 7) is 0. The van der Waals surface area contributed by atoms with Gasteiger partial charge in [-0.2, -0.15) is 9.61 Å². The number of benzene rings is 1. The fraction of sp³-hybridized carbons (Fsp3) is 0.381. The van der Waals surface area contributed by atoms with Crippen LogP contribution in [0.2, 0.25) is 0 Å². The smallest absolute Gasteiger partial charge is 0.274 e. The lowest BCUT2D eigenvalue weighted by Crippen LogP contribution is -2.22. The average Bonchev–Trinajstić information content (AvgIpc) is 3.12. The van der Waals surface area contributed by atoms with Gasteiger partial charge in [-0.3, -0.25) is 9.59 Å². The van der Waals surface area contributed by atoms with Gasteiger partial charge in [0.15, 0.2) is 5.65 Å². The molecule has 6 nitrogen and oxygen atoms in total. The van der Waals surface area contributed by atoms with Gasteiger partial charge in [-0.1, -0.05) is 43.5 Å². The zero-order valence-corrected chi connectivity index (χ0v) is 15.7. The molecule has 3 aromatic rings. The third-order valence-corrected chi connectivity index (χ3v) is 5.43. The van der Waals surface area contributed by atoms with Crippen molar-refractivity contribution in [1.82, 2.24) is 19.5 Å². The number of H-pyrrole nitrogens is 1. The molecule has 1 fully saturated rings. The van der Waals surface area contributed by atoms with E-state index < -0.39 is 0 Å². The summed E-state index contributed by atoms with van der Waals surface area (Å²) in [5.41, 5.74) is 3.54. The number of nitrogens with one attached hydrogen (secondary N) is 1. The van der Waals surface area contributed by atoms with Gasteiger partial charge in [-0.05, 0) is 29.9 Å². The largest absolute Gasteiger partial charge is 0.345 e. The third-order valence-electron chi connectivity index (χ3n) is 5.43. The van der Waals surface area contributed by atoms with Gasteiger partial charge in [-0.25, -0.2) is 0 Å². The van der Waals surface area contributed by atoms with Crippen LogP contribution in [0, 0.1) is 0 Å². The number of rotatable bonds is 3. The molecule has 1 aliphatic carbocycles. The van der Waals surface area contributed by atoms with Gasteiger partial charge >= 0.3 is 0 Å². The van der Waals surface area contributed by atoms with Gasteiger partial charge < -0.3 is 9.88 Å². The zero-order valence-electron chi connectivity index (χ0n) is 15.7. The Morgan fingerprint density at radius 3 is 2.52 bits per heavy atom. The summed E-state index contributed by atoms with van der Waals surface area (Å²) < 4.78 is 1.23. The van der Waals surface area contributed by atoms with Crippen LogP contribution in [0.3, 0.4) is 0 Å². The number of aromatic amines is 1. The van der Waals surface area contributed by atoms with Crippen LogP contribution in [0.4, 0.5) is 0 Å². The van der Waals surface area contributed by atoms with Crippen molar-refractivity contribution < 1.29 is 4.79 Å². The lowest BCUT2D eigenvalue weighted by Gasteiger charge is -2.22. The van der Waals surface area contributed by atoms with Gasteiger partial charge in [0.2, 0.25) is 0 Å². The van der Waals surface area contributed by atoms with Gasteiger partial charge in [0.1, 0.15) is 5.56 Å². The zero-order chi connectivity index (χ0) is 19.0. The quantitative estimate of drug-likeness (QED) is 0.774. The molecule has 27 heavy (non-hydrogen) atoms. The monoisotopic (exact) mass is 364 g/mol. The Bertz CT molecular complexity index is 1020. The number of hydrogen-bond acceptors (Lipinski definition) is 3. The molecule has 0 aliphatic heterocycles. The molecule has 4 rings (SSSR count). The Labute approximate surface area is 157 Å². The van der Waals surface area contributed by atoms with Crippen LogP contribution in [0.25, 0.3) is 16.9 Å². The van der Waals surface area contributed by atoms with Gasteiger partial charge in [0.05, 0.1) is 11.9 Å². The molecule has 1 N–H and O–H groups in total. The van der Waals surface area contributed by atoms with Gasteiger partial charge in [0, 0.05) is 20.2 Å². The second kappa shape index (κ2) is 7.02. The predicted octanol–water partition coefficient (Wildman–Crippen LogP) is 3.44. The lowest BCUT2D eigenvalue weighted by atomic mass is 9.84. The Morgan fingerprint density at radius 2 is 1.85 bits per heavy atom. The van der Waals surface area contributed by atoms with Crippen molar-refractivity contribution >= 4 is 11.6 Å². The number of amides is 1. The number of aromatic nitrogens is 3. The summed E-state index contributed by atoms with van der Waals surface area (Å²) in [4.78, 5) is 29.5. The average molecular weight is 364 g/mol. The summed E-state index contributed by atoms with van der Waals surface area (Å²) in [5.74, 6) is 0.457. The minimum Gasteiger partial charge on any atom is -0.345 e. The molecule has 1 aliphatic rings. The topological polar surface area (TPSA) is 70.5 Å². The molecule has 2 heterocycles. The fourth-order valence-electron chi connectivity index (χ4n) is 3.91. The summed E-state index contributed by atoms with van der Waals surface area (Å²) >= 11 is 0. The fourth-order valence-corrected chi connectivity index (χ4v) is 3.91. The van der Waals surface area contributed by atoms with Crippen LogP contribution < -0.4 is 5.56 Å². The van der Waals surface area contributed by atoms with E-state index in [0.717, 1.165) is 5.56 Å².